The highest BCUT2D eigenvalue weighted by Crippen LogP contribution is 2.30. The van der Waals surface area contributed by atoms with Crippen LogP contribution in [0.2, 0.25) is 0 Å². The third-order valence-corrected chi connectivity index (χ3v) is 1.77. The highest BCUT2D eigenvalue weighted by atomic mass is 16.3. The summed E-state index contributed by atoms with van der Waals surface area (Å²) in [5.41, 5.74) is 6.30. The number of H-pyrrole nitrogens is 1. The third-order valence-electron chi connectivity index (χ3n) is 1.77. The number of hydrogen-bond acceptors (Lipinski definition) is 5. The van der Waals surface area contributed by atoms with E-state index in [2.05, 4.69) is 20.4 Å². The monoisotopic (exact) mass is 203 g/mol. The molecule has 0 saturated heterocycles. The third kappa shape index (κ3) is 1.93. The molecule has 0 spiro atoms. The maximum absolute atomic E-state index is 9.23. The molecule has 0 saturated carbocycles. The molecule has 2 aromatic rings. The van der Waals surface area contributed by atoms with Crippen LogP contribution in [0.15, 0.2) is 40.6 Å². The fraction of sp³-hybridized carbons (Fsp3) is 0. The molecule has 6 nitrogen and oxygen atoms in total. The predicted octanol–water partition coefficient (Wildman–Crippen LogP) is 2.11. The van der Waals surface area contributed by atoms with Gasteiger partial charge in [0, 0.05) is 0 Å². The SMILES string of the molecule is Nc1[nH]nc(O)c1N=Nc1ccccc1. The van der Waals surface area contributed by atoms with Crippen LogP contribution in [0.4, 0.5) is 17.2 Å². The summed E-state index contributed by atoms with van der Waals surface area (Å²) in [7, 11) is 0. The van der Waals surface area contributed by atoms with Crippen molar-refractivity contribution < 1.29 is 5.11 Å². The second-order valence-corrected chi connectivity index (χ2v) is 2.85. The number of aromatic nitrogens is 2. The highest BCUT2D eigenvalue weighted by molar-refractivity contribution is 5.63. The molecule has 2 rings (SSSR count). The van der Waals surface area contributed by atoms with Crippen molar-refractivity contribution in [2.75, 3.05) is 5.73 Å². The quantitative estimate of drug-likeness (QED) is 0.651. The molecule has 1 aromatic carbocycles. The van der Waals surface area contributed by atoms with Crippen LogP contribution in [0.25, 0.3) is 0 Å². The standard InChI is InChI=1S/C9H9N5O/c10-8-7(9(15)14-13-8)12-11-6-4-2-1-3-5-6/h1-5H,(H4,10,13,14,15). The average Bonchev–Trinajstić information content (AvgIpc) is 2.58. The van der Waals surface area contributed by atoms with E-state index in [1.54, 1.807) is 12.1 Å². The van der Waals surface area contributed by atoms with Crippen LogP contribution in [-0.2, 0) is 0 Å². The number of nitrogens with zero attached hydrogens (tertiary/aromatic N) is 3. The first-order valence-corrected chi connectivity index (χ1v) is 4.27. The van der Waals surface area contributed by atoms with E-state index >= 15 is 0 Å². The van der Waals surface area contributed by atoms with Crippen LogP contribution in [-0.4, -0.2) is 15.3 Å². The van der Waals surface area contributed by atoms with Gasteiger partial charge in [0.05, 0.1) is 5.69 Å². The second kappa shape index (κ2) is 3.79. The molecule has 0 aliphatic heterocycles. The van der Waals surface area contributed by atoms with Crippen molar-refractivity contribution in [2.45, 2.75) is 0 Å². The Balaban J connectivity index is 2.26. The van der Waals surface area contributed by atoms with Crippen molar-refractivity contribution in [1.82, 2.24) is 10.2 Å². The first kappa shape index (κ1) is 9.20. The summed E-state index contributed by atoms with van der Waals surface area (Å²) in [6.45, 7) is 0. The maximum atomic E-state index is 9.23. The van der Waals surface area contributed by atoms with Gasteiger partial charge >= 0.3 is 0 Å². The lowest BCUT2D eigenvalue weighted by Gasteiger charge is -1.90. The van der Waals surface area contributed by atoms with Gasteiger partial charge < -0.3 is 10.8 Å². The number of rotatable bonds is 2. The summed E-state index contributed by atoms with van der Waals surface area (Å²) in [5.74, 6) is -0.0700. The lowest BCUT2D eigenvalue weighted by molar-refractivity contribution is 0.453. The molecule has 0 aliphatic carbocycles. The Morgan fingerprint density at radius 2 is 1.93 bits per heavy atom. The van der Waals surface area contributed by atoms with E-state index in [0.29, 0.717) is 5.69 Å². The van der Waals surface area contributed by atoms with Crippen molar-refractivity contribution >= 4 is 17.2 Å². The van der Waals surface area contributed by atoms with Gasteiger partial charge in [-0.1, -0.05) is 18.2 Å². The molecule has 0 amide bonds. The average molecular weight is 203 g/mol. The van der Waals surface area contributed by atoms with Gasteiger partial charge in [-0.15, -0.1) is 10.2 Å². The maximum Gasteiger partial charge on any atom is 0.260 e. The molecule has 15 heavy (non-hydrogen) atoms. The molecule has 0 atom stereocenters. The zero-order chi connectivity index (χ0) is 10.7. The minimum atomic E-state index is -0.257. The van der Waals surface area contributed by atoms with Gasteiger partial charge in [0.2, 0.25) is 0 Å². The van der Waals surface area contributed by atoms with Gasteiger partial charge in [-0.25, -0.2) is 0 Å². The van der Waals surface area contributed by atoms with Crippen LogP contribution in [0, 0.1) is 0 Å². The summed E-state index contributed by atoms with van der Waals surface area (Å²) in [4.78, 5) is 0. The number of hydrogen-bond donors (Lipinski definition) is 3. The summed E-state index contributed by atoms with van der Waals surface area (Å²) >= 11 is 0. The number of aromatic amines is 1. The molecular formula is C9H9N5O. The zero-order valence-corrected chi connectivity index (χ0v) is 7.75. The van der Waals surface area contributed by atoms with Crippen LogP contribution >= 0.6 is 0 Å². The van der Waals surface area contributed by atoms with Gasteiger partial charge in [-0.2, -0.15) is 5.11 Å². The molecule has 76 valence electrons. The van der Waals surface area contributed by atoms with Crippen molar-refractivity contribution in [2.24, 2.45) is 10.2 Å². The Bertz CT molecular complexity index is 457. The van der Waals surface area contributed by atoms with E-state index in [4.69, 9.17) is 5.73 Å². The number of benzene rings is 1. The number of nitrogens with one attached hydrogen (secondary N) is 1. The molecule has 0 bridgehead atoms. The molecule has 4 N–H and O–H groups in total. The molecular weight excluding hydrogens is 194 g/mol. The minimum absolute atomic E-state index is 0.152. The molecule has 0 unspecified atom stereocenters. The first-order chi connectivity index (χ1) is 7.27. The van der Waals surface area contributed by atoms with Crippen LogP contribution in [0.3, 0.4) is 0 Å². The molecule has 0 radical (unpaired) electrons. The van der Waals surface area contributed by atoms with Crippen molar-refractivity contribution in [3.8, 4) is 5.88 Å². The van der Waals surface area contributed by atoms with Crippen LogP contribution in [0.5, 0.6) is 5.88 Å². The molecule has 6 heteroatoms. The second-order valence-electron chi connectivity index (χ2n) is 2.85. The topological polar surface area (TPSA) is 99.7 Å². The Hall–Kier alpha value is -2.37. The van der Waals surface area contributed by atoms with E-state index in [-0.39, 0.29) is 17.4 Å². The van der Waals surface area contributed by atoms with E-state index in [9.17, 15) is 5.11 Å². The number of anilines is 1. The van der Waals surface area contributed by atoms with Crippen molar-refractivity contribution in [3.63, 3.8) is 0 Å². The summed E-state index contributed by atoms with van der Waals surface area (Å²) < 4.78 is 0. The summed E-state index contributed by atoms with van der Waals surface area (Å²) in [5, 5.41) is 22.8. The van der Waals surface area contributed by atoms with Crippen LogP contribution in [0.1, 0.15) is 0 Å². The van der Waals surface area contributed by atoms with Crippen molar-refractivity contribution in [3.05, 3.63) is 30.3 Å². The smallest absolute Gasteiger partial charge is 0.260 e. The predicted molar refractivity (Wildman–Crippen MR) is 55.3 cm³/mol. The van der Waals surface area contributed by atoms with E-state index < -0.39 is 0 Å². The zero-order valence-electron chi connectivity index (χ0n) is 7.75. The van der Waals surface area contributed by atoms with Gasteiger partial charge in [0.15, 0.2) is 11.5 Å². The number of azo groups is 1. The van der Waals surface area contributed by atoms with E-state index in [1.165, 1.54) is 0 Å². The van der Waals surface area contributed by atoms with Gasteiger partial charge in [0.25, 0.3) is 5.88 Å². The number of nitrogens with two attached hydrogens (primary N) is 1. The fourth-order valence-corrected chi connectivity index (χ4v) is 1.04. The Morgan fingerprint density at radius 3 is 2.53 bits per heavy atom. The summed E-state index contributed by atoms with van der Waals surface area (Å²) in [6, 6.07) is 9.14. The molecule has 1 aromatic heterocycles. The molecule has 0 aliphatic rings. The van der Waals surface area contributed by atoms with Gasteiger partial charge in [-0.05, 0) is 12.1 Å². The Morgan fingerprint density at radius 1 is 1.20 bits per heavy atom. The normalized spacial score (nSPS) is 10.9. The van der Waals surface area contributed by atoms with Gasteiger partial charge in [0.1, 0.15) is 0 Å². The van der Waals surface area contributed by atoms with Gasteiger partial charge in [-0.3, -0.25) is 5.10 Å². The first-order valence-electron chi connectivity index (χ1n) is 4.27. The van der Waals surface area contributed by atoms with Crippen LogP contribution < -0.4 is 5.73 Å². The lowest BCUT2D eigenvalue weighted by Crippen LogP contribution is -1.82. The summed E-state index contributed by atoms with van der Waals surface area (Å²) in [6.07, 6.45) is 0. The Kier molecular flexibility index (Phi) is 2.32. The lowest BCUT2D eigenvalue weighted by atomic mass is 10.3. The molecule has 0 fully saturated rings. The highest BCUT2D eigenvalue weighted by Gasteiger charge is 2.07. The number of aromatic hydroxyl groups is 1. The largest absolute Gasteiger partial charge is 0.491 e. The molecule has 1 heterocycles. The van der Waals surface area contributed by atoms with E-state index in [1.807, 2.05) is 18.2 Å². The number of nitrogen functional groups attached to an aromatic ring is 1. The minimum Gasteiger partial charge on any atom is -0.491 e. The Labute approximate surface area is 85.5 Å². The van der Waals surface area contributed by atoms with Crippen molar-refractivity contribution in [1.29, 1.82) is 0 Å². The van der Waals surface area contributed by atoms with E-state index in [0.717, 1.165) is 0 Å². The fourth-order valence-electron chi connectivity index (χ4n) is 1.04.